The van der Waals surface area contributed by atoms with Crippen LogP contribution in [0, 0.1) is 0 Å². The molecular formula is C13H18BrClN2. The number of hydrogen-bond acceptors (Lipinski definition) is 2. The van der Waals surface area contributed by atoms with Crippen molar-refractivity contribution in [3.8, 4) is 0 Å². The lowest BCUT2D eigenvalue weighted by Gasteiger charge is -2.19. The molecule has 1 atom stereocenters. The van der Waals surface area contributed by atoms with Gasteiger partial charge in [-0.15, -0.1) is 0 Å². The number of hydrogen-bond donors (Lipinski definition) is 1. The summed E-state index contributed by atoms with van der Waals surface area (Å²) in [6.45, 7) is 2.38. The summed E-state index contributed by atoms with van der Waals surface area (Å²) in [4.78, 5) is 2.40. The van der Waals surface area contributed by atoms with Gasteiger partial charge in [-0.3, -0.25) is 0 Å². The third-order valence-electron chi connectivity index (χ3n) is 3.24. The van der Waals surface area contributed by atoms with Crippen LogP contribution in [0.25, 0.3) is 0 Å². The summed E-state index contributed by atoms with van der Waals surface area (Å²) in [5, 5.41) is 4.37. The van der Waals surface area contributed by atoms with Crippen LogP contribution in [0.5, 0.6) is 0 Å². The van der Waals surface area contributed by atoms with Crippen LogP contribution >= 0.6 is 27.5 Å². The summed E-state index contributed by atoms with van der Waals surface area (Å²) >= 11 is 9.49. The Balaban J connectivity index is 2.00. The van der Waals surface area contributed by atoms with Crippen molar-refractivity contribution in [2.75, 3.05) is 25.5 Å². The van der Waals surface area contributed by atoms with E-state index in [1.807, 2.05) is 18.2 Å². The minimum atomic E-state index is 0.567. The fourth-order valence-electron chi connectivity index (χ4n) is 2.21. The van der Waals surface area contributed by atoms with Gasteiger partial charge in [-0.1, -0.05) is 11.6 Å². The van der Waals surface area contributed by atoms with E-state index in [1.165, 1.54) is 32.4 Å². The molecule has 1 fully saturated rings. The third-order valence-corrected chi connectivity index (χ3v) is 4.13. The zero-order valence-corrected chi connectivity index (χ0v) is 12.4. The molecular weight excluding hydrogens is 300 g/mol. The molecule has 1 unspecified atom stereocenters. The lowest BCUT2D eigenvalue weighted by molar-refractivity contribution is 0.348. The van der Waals surface area contributed by atoms with Gasteiger partial charge in [0.2, 0.25) is 0 Å². The number of nitrogens with one attached hydrogen (secondary N) is 1. The van der Waals surface area contributed by atoms with Crippen LogP contribution in [0.2, 0.25) is 5.02 Å². The molecule has 1 heterocycles. The molecule has 0 aliphatic carbocycles. The van der Waals surface area contributed by atoms with Crippen LogP contribution in [0.3, 0.4) is 0 Å². The van der Waals surface area contributed by atoms with Gasteiger partial charge in [-0.05, 0) is 73.5 Å². The van der Waals surface area contributed by atoms with Crippen molar-refractivity contribution in [2.45, 2.75) is 25.3 Å². The second-order valence-corrected chi connectivity index (χ2v) is 5.99. The van der Waals surface area contributed by atoms with Gasteiger partial charge in [0.15, 0.2) is 0 Å². The number of anilines is 1. The lowest BCUT2D eigenvalue weighted by Crippen LogP contribution is -2.23. The Bertz CT molecular complexity index is 384. The normalized spacial score (nSPS) is 22.2. The molecule has 0 amide bonds. The molecule has 2 nitrogen and oxygen atoms in total. The van der Waals surface area contributed by atoms with Crippen LogP contribution in [-0.4, -0.2) is 31.1 Å². The summed E-state index contributed by atoms with van der Waals surface area (Å²) in [7, 11) is 2.20. The van der Waals surface area contributed by atoms with E-state index in [0.717, 1.165) is 15.2 Å². The molecule has 0 saturated carbocycles. The summed E-state index contributed by atoms with van der Waals surface area (Å²) in [5.74, 6) is 0. The van der Waals surface area contributed by atoms with Crippen LogP contribution in [-0.2, 0) is 0 Å². The molecule has 94 valence electrons. The number of nitrogens with zero attached hydrogens (tertiary/aromatic N) is 1. The van der Waals surface area contributed by atoms with Crippen LogP contribution in [0.4, 0.5) is 5.69 Å². The van der Waals surface area contributed by atoms with Crippen LogP contribution in [0.15, 0.2) is 22.7 Å². The number of benzene rings is 1. The predicted molar refractivity (Wildman–Crippen MR) is 77.9 cm³/mol. The van der Waals surface area contributed by atoms with E-state index in [0.29, 0.717) is 6.04 Å². The monoisotopic (exact) mass is 316 g/mol. The SMILES string of the molecule is CN1CCCC(Nc2ccc(Cl)cc2Br)CC1. The van der Waals surface area contributed by atoms with Crippen molar-refractivity contribution in [2.24, 2.45) is 0 Å². The fraction of sp³-hybridized carbons (Fsp3) is 0.538. The first kappa shape index (κ1) is 13.2. The highest BCUT2D eigenvalue weighted by Gasteiger charge is 2.15. The average Bonchev–Trinajstić information content (AvgIpc) is 2.48. The second kappa shape index (κ2) is 6.07. The van der Waals surface area contributed by atoms with Gasteiger partial charge in [-0.25, -0.2) is 0 Å². The van der Waals surface area contributed by atoms with Gasteiger partial charge < -0.3 is 10.2 Å². The molecule has 1 aliphatic heterocycles. The van der Waals surface area contributed by atoms with Gasteiger partial charge in [0.25, 0.3) is 0 Å². The molecule has 1 aromatic carbocycles. The van der Waals surface area contributed by atoms with Gasteiger partial charge >= 0.3 is 0 Å². The molecule has 0 aromatic heterocycles. The van der Waals surface area contributed by atoms with E-state index in [9.17, 15) is 0 Å². The van der Waals surface area contributed by atoms with Crippen molar-refractivity contribution in [1.29, 1.82) is 0 Å². The first-order chi connectivity index (χ1) is 8.15. The van der Waals surface area contributed by atoms with E-state index in [-0.39, 0.29) is 0 Å². The van der Waals surface area contributed by atoms with Gasteiger partial charge in [0.1, 0.15) is 0 Å². The Hall–Kier alpha value is -0.250. The summed E-state index contributed by atoms with van der Waals surface area (Å²) in [6, 6.07) is 6.48. The van der Waals surface area contributed by atoms with E-state index in [2.05, 4.69) is 33.2 Å². The topological polar surface area (TPSA) is 15.3 Å². The van der Waals surface area contributed by atoms with Crippen molar-refractivity contribution < 1.29 is 0 Å². The highest BCUT2D eigenvalue weighted by Crippen LogP contribution is 2.27. The lowest BCUT2D eigenvalue weighted by atomic mass is 10.1. The predicted octanol–water partition coefficient (Wildman–Crippen LogP) is 4.00. The van der Waals surface area contributed by atoms with Gasteiger partial charge in [0.05, 0.1) is 0 Å². The van der Waals surface area contributed by atoms with Crippen molar-refractivity contribution >= 4 is 33.2 Å². The molecule has 1 aliphatic rings. The van der Waals surface area contributed by atoms with E-state index < -0.39 is 0 Å². The highest BCUT2D eigenvalue weighted by molar-refractivity contribution is 9.10. The first-order valence-electron chi connectivity index (χ1n) is 6.05. The summed E-state index contributed by atoms with van der Waals surface area (Å²) in [6.07, 6.45) is 3.70. The zero-order valence-electron chi connectivity index (χ0n) is 10.0. The van der Waals surface area contributed by atoms with E-state index in [1.54, 1.807) is 0 Å². The Morgan fingerprint density at radius 1 is 1.35 bits per heavy atom. The smallest absolute Gasteiger partial charge is 0.0487 e. The molecule has 4 heteroatoms. The fourth-order valence-corrected chi connectivity index (χ4v) is 3.01. The molecule has 0 bridgehead atoms. The molecule has 0 radical (unpaired) electrons. The second-order valence-electron chi connectivity index (χ2n) is 4.70. The van der Waals surface area contributed by atoms with Crippen LogP contribution < -0.4 is 5.32 Å². The number of halogens is 2. The summed E-state index contributed by atoms with van der Waals surface area (Å²) in [5.41, 5.74) is 1.14. The minimum absolute atomic E-state index is 0.567. The van der Waals surface area contributed by atoms with Crippen LogP contribution in [0.1, 0.15) is 19.3 Å². The first-order valence-corrected chi connectivity index (χ1v) is 7.22. The summed E-state index contributed by atoms with van der Waals surface area (Å²) < 4.78 is 1.04. The van der Waals surface area contributed by atoms with E-state index in [4.69, 9.17) is 11.6 Å². The number of likely N-dealkylation sites (tertiary alicyclic amines) is 1. The van der Waals surface area contributed by atoms with Gasteiger partial charge in [-0.2, -0.15) is 0 Å². The molecule has 1 saturated heterocycles. The Labute approximate surface area is 116 Å². The molecule has 0 spiro atoms. The zero-order chi connectivity index (χ0) is 12.3. The molecule has 1 N–H and O–H groups in total. The molecule has 2 rings (SSSR count). The Morgan fingerprint density at radius 2 is 2.18 bits per heavy atom. The number of rotatable bonds is 2. The quantitative estimate of drug-likeness (QED) is 0.887. The standard InChI is InChI=1S/C13H18BrClN2/c1-17-7-2-3-11(6-8-17)16-13-5-4-10(15)9-12(13)14/h4-5,9,11,16H,2-3,6-8H2,1H3. The highest BCUT2D eigenvalue weighted by atomic mass is 79.9. The maximum absolute atomic E-state index is 5.94. The average molecular weight is 318 g/mol. The van der Waals surface area contributed by atoms with E-state index >= 15 is 0 Å². The minimum Gasteiger partial charge on any atom is -0.381 e. The molecule has 17 heavy (non-hydrogen) atoms. The Morgan fingerprint density at radius 3 is 2.94 bits per heavy atom. The maximum Gasteiger partial charge on any atom is 0.0487 e. The van der Waals surface area contributed by atoms with Gasteiger partial charge in [0, 0.05) is 21.2 Å². The Kier molecular flexibility index (Phi) is 4.71. The van der Waals surface area contributed by atoms with Crippen molar-refractivity contribution in [1.82, 2.24) is 4.90 Å². The van der Waals surface area contributed by atoms with Crippen molar-refractivity contribution in [3.05, 3.63) is 27.7 Å². The maximum atomic E-state index is 5.94. The largest absolute Gasteiger partial charge is 0.381 e. The molecule has 1 aromatic rings. The third kappa shape index (κ3) is 3.87. The van der Waals surface area contributed by atoms with Crippen molar-refractivity contribution in [3.63, 3.8) is 0 Å².